The van der Waals surface area contributed by atoms with Gasteiger partial charge in [-0.25, -0.2) is 8.42 Å². The Kier molecular flexibility index (Phi) is 7.97. The average molecular weight is 506 g/mol. The van der Waals surface area contributed by atoms with Gasteiger partial charge in [-0.3, -0.25) is 9.52 Å². The van der Waals surface area contributed by atoms with Crippen molar-refractivity contribution in [1.82, 2.24) is 5.32 Å². The summed E-state index contributed by atoms with van der Waals surface area (Å²) < 4.78 is 33.4. The molecule has 0 radical (unpaired) electrons. The first kappa shape index (κ1) is 24.0. The number of benzene rings is 2. The largest absolute Gasteiger partial charge is 0.481 e. The zero-order chi connectivity index (χ0) is 22.6. The molecule has 10 heteroatoms. The lowest BCUT2D eigenvalue weighted by Gasteiger charge is -2.24. The highest BCUT2D eigenvalue weighted by molar-refractivity contribution is 7.92. The number of rotatable bonds is 7. The quantitative estimate of drug-likeness (QED) is 0.475. The molecule has 0 spiro atoms. The fourth-order valence-corrected chi connectivity index (χ4v) is 5.05. The van der Waals surface area contributed by atoms with E-state index in [1.807, 2.05) is 0 Å². The first-order chi connectivity index (χ1) is 14.7. The smallest absolute Gasteiger partial charge is 0.261 e. The predicted molar refractivity (Wildman–Crippen MR) is 124 cm³/mol. The van der Waals surface area contributed by atoms with Crippen molar-refractivity contribution in [2.75, 3.05) is 4.72 Å². The first-order valence-corrected chi connectivity index (χ1v) is 12.5. The normalized spacial score (nSPS) is 15.9. The molecular formula is C21H23Cl3N2O4S. The molecule has 1 saturated carbocycles. The summed E-state index contributed by atoms with van der Waals surface area (Å²) >= 11 is 17.9. The van der Waals surface area contributed by atoms with Crippen LogP contribution in [0.3, 0.4) is 0 Å². The molecule has 1 amide bonds. The van der Waals surface area contributed by atoms with Gasteiger partial charge >= 0.3 is 0 Å². The van der Waals surface area contributed by atoms with Gasteiger partial charge in [-0.05, 0) is 56.2 Å². The Morgan fingerprint density at radius 1 is 1.00 bits per heavy atom. The number of carbonyl (C=O) groups excluding carboxylic acids is 1. The predicted octanol–water partition coefficient (Wildman–Crippen LogP) is 5.66. The average Bonchev–Trinajstić information content (AvgIpc) is 2.73. The second kappa shape index (κ2) is 10.3. The van der Waals surface area contributed by atoms with Crippen LogP contribution in [0.15, 0.2) is 41.3 Å². The van der Waals surface area contributed by atoms with Crippen molar-refractivity contribution in [1.29, 1.82) is 0 Å². The summed E-state index contributed by atoms with van der Waals surface area (Å²) in [7, 11) is -3.92. The molecule has 0 saturated heterocycles. The zero-order valence-corrected chi connectivity index (χ0v) is 19.9. The van der Waals surface area contributed by atoms with Crippen LogP contribution in [0.1, 0.15) is 39.0 Å². The van der Waals surface area contributed by atoms with Crippen LogP contribution in [0.25, 0.3) is 0 Å². The van der Waals surface area contributed by atoms with Crippen LogP contribution >= 0.6 is 34.8 Å². The first-order valence-electron chi connectivity index (χ1n) is 9.90. The number of sulfonamides is 1. The van der Waals surface area contributed by atoms with Gasteiger partial charge in [0, 0.05) is 6.04 Å². The third-order valence-corrected chi connectivity index (χ3v) is 7.44. The molecule has 3 rings (SSSR count). The number of hydrogen-bond acceptors (Lipinski definition) is 4. The molecule has 0 aromatic heterocycles. The van der Waals surface area contributed by atoms with Crippen molar-refractivity contribution >= 4 is 56.4 Å². The van der Waals surface area contributed by atoms with Crippen molar-refractivity contribution in [2.24, 2.45) is 0 Å². The van der Waals surface area contributed by atoms with Gasteiger partial charge < -0.3 is 10.1 Å². The van der Waals surface area contributed by atoms with E-state index in [9.17, 15) is 13.2 Å². The van der Waals surface area contributed by atoms with E-state index >= 15 is 0 Å². The highest BCUT2D eigenvalue weighted by Gasteiger charge is 2.21. The third-order valence-electron chi connectivity index (χ3n) is 5.02. The topological polar surface area (TPSA) is 84.5 Å². The van der Waals surface area contributed by atoms with E-state index in [4.69, 9.17) is 39.5 Å². The Labute approximate surface area is 197 Å². The standard InChI is InChI=1S/C21H23Cl3N2O4S/c1-13(21(27)25-14-5-3-2-4-6-14)30-15-7-9-16(10-8-15)31(28,29)26-20-12-18(23)17(22)11-19(20)24/h7-14,26H,2-6H2,1H3,(H,25,27)/t13-/m0/s1. The van der Waals surface area contributed by atoms with Crippen molar-refractivity contribution in [3.05, 3.63) is 51.5 Å². The summed E-state index contributed by atoms with van der Waals surface area (Å²) in [5, 5.41) is 3.53. The number of anilines is 1. The van der Waals surface area contributed by atoms with E-state index < -0.39 is 16.1 Å². The minimum atomic E-state index is -3.92. The second-order valence-corrected chi connectivity index (χ2v) is 10.3. The van der Waals surface area contributed by atoms with Crippen LogP contribution in [-0.4, -0.2) is 26.5 Å². The minimum Gasteiger partial charge on any atom is -0.481 e. The summed E-state index contributed by atoms with van der Waals surface area (Å²) in [6.45, 7) is 1.66. The van der Waals surface area contributed by atoms with E-state index in [1.54, 1.807) is 6.92 Å². The number of hydrogen-bond donors (Lipinski definition) is 2. The van der Waals surface area contributed by atoms with E-state index in [1.165, 1.54) is 42.8 Å². The summed E-state index contributed by atoms with van der Waals surface area (Å²) in [6, 6.07) is 8.65. The van der Waals surface area contributed by atoms with Gasteiger partial charge in [0.1, 0.15) is 5.75 Å². The highest BCUT2D eigenvalue weighted by Crippen LogP contribution is 2.33. The highest BCUT2D eigenvalue weighted by atomic mass is 35.5. The molecule has 6 nitrogen and oxygen atoms in total. The van der Waals surface area contributed by atoms with E-state index in [0.717, 1.165) is 25.7 Å². The van der Waals surface area contributed by atoms with E-state index in [0.29, 0.717) is 5.75 Å². The fraction of sp³-hybridized carbons (Fsp3) is 0.381. The molecule has 168 valence electrons. The summed E-state index contributed by atoms with van der Waals surface area (Å²) in [6.07, 6.45) is 4.73. The molecule has 31 heavy (non-hydrogen) atoms. The van der Waals surface area contributed by atoms with Crippen LogP contribution in [0.5, 0.6) is 5.75 Å². The van der Waals surface area contributed by atoms with Crippen LogP contribution in [0.2, 0.25) is 15.1 Å². The van der Waals surface area contributed by atoms with Crippen LogP contribution in [-0.2, 0) is 14.8 Å². The lowest BCUT2D eigenvalue weighted by atomic mass is 9.95. The molecule has 0 heterocycles. The van der Waals surface area contributed by atoms with Crippen molar-refractivity contribution in [3.63, 3.8) is 0 Å². The summed E-state index contributed by atoms with van der Waals surface area (Å²) in [5.74, 6) is 0.206. The second-order valence-electron chi connectivity index (χ2n) is 7.43. The molecule has 1 aliphatic rings. The van der Waals surface area contributed by atoms with Crippen LogP contribution in [0.4, 0.5) is 5.69 Å². The summed E-state index contributed by atoms with van der Waals surface area (Å²) in [5.41, 5.74) is 0.115. The Bertz CT molecular complexity index is 1040. The molecule has 1 fully saturated rings. The lowest BCUT2D eigenvalue weighted by Crippen LogP contribution is -2.43. The molecular weight excluding hydrogens is 483 g/mol. The number of carbonyl (C=O) groups is 1. The minimum absolute atomic E-state index is 0.00120. The summed E-state index contributed by atoms with van der Waals surface area (Å²) in [4.78, 5) is 12.4. The Morgan fingerprint density at radius 2 is 1.61 bits per heavy atom. The van der Waals surface area contributed by atoms with Gasteiger partial charge in [0.25, 0.3) is 15.9 Å². The number of amides is 1. The van der Waals surface area contributed by atoms with Gasteiger partial charge in [0.2, 0.25) is 0 Å². The molecule has 0 aliphatic heterocycles. The third kappa shape index (κ3) is 6.42. The monoisotopic (exact) mass is 504 g/mol. The van der Waals surface area contributed by atoms with Gasteiger partial charge in [-0.15, -0.1) is 0 Å². The van der Waals surface area contributed by atoms with Gasteiger partial charge in [0.05, 0.1) is 25.7 Å². The molecule has 1 aliphatic carbocycles. The Hall–Kier alpha value is -1.67. The number of ether oxygens (including phenoxy) is 1. The van der Waals surface area contributed by atoms with E-state index in [-0.39, 0.29) is 37.6 Å². The maximum absolute atomic E-state index is 12.7. The van der Waals surface area contributed by atoms with Crippen molar-refractivity contribution in [2.45, 2.75) is 56.1 Å². The number of halogens is 3. The SMILES string of the molecule is C[C@H](Oc1ccc(S(=O)(=O)Nc2cc(Cl)c(Cl)cc2Cl)cc1)C(=O)NC1CCCCC1. The van der Waals surface area contributed by atoms with Gasteiger partial charge in [0.15, 0.2) is 6.10 Å². The lowest BCUT2D eigenvalue weighted by molar-refractivity contribution is -0.128. The molecule has 1 atom stereocenters. The Morgan fingerprint density at radius 3 is 2.26 bits per heavy atom. The maximum Gasteiger partial charge on any atom is 0.261 e. The number of nitrogens with one attached hydrogen (secondary N) is 2. The fourth-order valence-electron chi connectivity index (χ4n) is 3.32. The Balaban J connectivity index is 1.63. The van der Waals surface area contributed by atoms with Crippen molar-refractivity contribution in [3.8, 4) is 5.75 Å². The van der Waals surface area contributed by atoms with Crippen molar-refractivity contribution < 1.29 is 17.9 Å². The molecule has 0 unspecified atom stereocenters. The maximum atomic E-state index is 12.7. The molecule has 2 N–H and O–H groups in total. The molecule has 2 aromatic rings. The zero-order valence-electron chi connectivity index (χ0n) is 16.8. The molecule has 0 bridgehead atoms. The van der Waals surface area contributed by atoms with Crippen LogP contribution in [0, 0.1) is 0 Å². The molecule has 2 aromatic carbocycles. The van der Waals surface area contributed by atoms with Crippen LogP contribution < -0.4 is 14.8 Å². The van der Waals surface area contributed by atoms with E-state index in [2.05, 4.69) is 10.0 Å². The van der Waals surface area contributed by atoms with Gasteiger partial charge in [-0.1, -0.05) is 54.1 Å². The van der Waals surface area contributed by atoms with Gasteiger partial charge in [-0.2, -0.15) is 0 Å².